The summed E-state index contributed by atoms with van der Waals surface area (Å²) in [6.07, 6.45) is 0.887. The van der Waals surface area contributed by atoms with Gasteiger partial charge in [0.1, 0.15) is 0 Å². The maximum Gasteiger partial charge on any atom is 0.360 e. The average molecular weight is 318 g/mol. The third kappa shape index (κ3) is 6.03. The highest BCUT2D eigenvalue weighted by atomic mass is 31.2. The zero-order chi connectivity index (χ0) is 15.3. The van der Waals surface area contributed by atoms with Crippen LogP contribution in [-0.2, 0) is 9.13 Å². The van der Waals surface area contributed by atoms with E-state index in [0.717, 1.165) is 0 Å². The number of carbonyl (C=O) groups is 1. The first-order valence-electron chi connectivity index (χ1n) is 5.70. The summed E-state index contributed by atoms with van der Waals surface area (Å²) in [5.74, 6) is 0. The molecule has 0 unspecified atom stereocenters. The van der Waals surface area contributed by atoms with Gasteiger partial charge >= 0.3 is 21.2 Å². The van der Waals surface area contributed by atoms with E-state index in [1.165, 1.54) is 0 Å². The summed E-state index contributed by atoms with van der Waals surface area (Å²) in [7, 11) is -10.3. The highest BCUT2D eigenvalue weighted by molar-refractivity contribution is 7.70. The molecule has 0 bridgehead atoms. The highest BCUT2D eigenvalue weighted by Crippen LogP contribution is 2.61. The van der Waals surface area contributed by atoms with E-state index in [9.17, 15) is 13.9 Å². The molecule has 0 saturated carbocycles. The first kappa shape index (κ1) is 18.6. The lowest BCUT2D eigenvalue weighted by Crippen LogP contribution is -2.46. The van der Waals surface area contributed by atoms with E-state index in [1.807, 2.05) is 0 Å². The molecule has 0 radical (unpaired) electrons. The number of nitrogens with zero attached hydrogens (tertiary/aromatic N) is 1. The van der Waals surface area contributed by atoms with E-state index >= 15 is 0 Å². The molecule has 0 aliphatic rings. The Balaban J connectivity index is 5.36. The van der Waals surface area contributed by atoms with Crippen LogP contribution in [-0.4, -0.2) is 49.1 Å². The molecule has 0 saturated heterocycles. The molecule has 0 rings (SSSR count). The van der Waals surface area contributed by atoms with Gasteiger partial charge < -0.3 is 24.9 Å². The maximum atomic E-state index is 11.8. The molecule has 0 aromatic carbocycles. The Morgan fingerprint density at radius 3 is 1.89 bits per heavy atom. The third-order valence-electron chi connectivity index (χ3n) is 2.13. The minimum absolute atomic E-state index is 0.170. The Labute approximate surface area is 111 Å². The van der Waals surface area contributed by atoms with Gasteiger partial charge in [-0.05, 0) is 12.8 Å². The van der Waals surface area contributed by atoms with Crippen molar-refractivity contribution in [3.8, 4) is 0 Å². The quantitative estimate of drug-likeness (QED) is 0.428. The van der Waals surface area contributed by atoms with E-state index in [4.69, 9.17) is 19.6 Å². The molecular formula is C8H20N2O7P2. The van der Waals surface area contributed by atoms with E-state index in [0.29, 0.717) is 17.7 Å². The van der Waals surface area contributed by atoms with Crippen molar-refractivity contribution in [1.29, 1.82) is 0 Å². The van der Waals surface area contributed by atoms with Crippen molar-refractivity contribution in [1.82, 2.24) is 10.2 Å². The lowest BCUT2D eigenvalue weighted by atomic mass is 10.4. The van der Waals surface area contributed by atoms with Crippen LogP contribution in [0, 0.1) is 0 Å². The average Bonchev–Trinajstić information content (AvgIpc) is 2.21. The number of carbonyl (C=O) groups excluding carboxylic acids is 1. The van der Waals surface area contributed by atoms with Gasteiger partial charge in [0.15, 0.2) is 0 Å². The monoisotopic (exact) mass is 318 g/mol. The standard InChI is InChI=1S/C8H20N2O7P2/c1-3-5-9-7(11)10(6-4-2)8(18(12,13)14)19(15,16)17/h8H,3-6H2,1-2H3,(H,9,11)(H2,12,13,14)(H2,15,16,17). The zero-order valence-electron chi connectivity index (χ0n) is 10.8. The number of hydrogen-bond acceptors (Lipinski definition) is 3. The Kier molecular flexibility index (Phi) is 7.21. The SMILES string of the molecule is CCCNC(=O)N(CCC)C(P(=O)(O)O)P(=O)(O)O. The second-order valence-corrected chi connectivity index (χ2v) is 7.69. The predicted octanol–water partition coefficient (Wildman–Crippen LogP) is 0.457. The van der Waals surface area contributed by atoms with Crippen LogP contribution in [0.3, 0.4) is 0 Å². The van der Waals surface area contributed by atoms with Gasteiger partial charge in [0, 0.05) is 13.1 Å². The summed E-state index contributed by atoms with van der Waals surface area (Å²) >= 11 is 0. The van der Waals surface area contributed by atoms with Gasteiger partial charge in [0.25, 0.3) is 0 Å². The van der Waals surface area contributed by atoms with Gasteiger partial charge in [0.2, 0.25) is 5.52 Å². The molecule has 114 valence electrons. The van der Waals surface area contributed by atoms with Crippen LogP contribution in [0.1, 0.15) is 26.7 Å². The maximum absolute atomic E-state index is 11.8. The second-order valence-electron chi connectivity index (χ2n) is 3.95. The molecular weight excluding hydrogens is 298 g/mol. The number of urea groups is 1. The Morgan fingerprint density at radius 1 is 1.11 bits per heavy atom. The molecule has 0 aliphatic heterocycles. The molecule has 11 heteroatoms. The van der Waals surface area contributed by atoms with Crippen molar-refractivity contribution in [3.63, 3.8) is 0 Å². The van der Waals surface area contributed by atoms with E-state index in [-0.39, 0.29) is 13.1 Å². The highest BCUT2D eigenvalue weighted by Gasteiger charge is 2.49. The lowest BCUT2D eigenvalue weighted by Gasteiger charge is -2.31. The minimum atomic E-state index is -5.17. The van der Waals surface area contributed by atoms with Crippen molar-refractivity contribution in [2.75, 3.05) is 13.1 Å². The van der Waals surface area contributed by atoms with Gasteiger partial charge in [-0.1, -0.05) is 13.8 Å². The molecule has 0 fully saturated rings. The van der Waals surface area contributed by atoms with Crippen LogP contribution in [0.4, 0.5) is 4.79 Å². The molecule has 0 aliphatic carbocycles. The van der Waals surface area contributed by atoms with Crippen molar-refractivity contribution in [2.24, 2.45) is 0 Å². The first-order valence-corrected chi connectivity index (χ1v) is 9.06. The van der Waals surface area contributed by atoms with Crippen LogP contribution < -0.4 is 5.32 Å². The summed E-state index contributed by atoms with van der Waals surface area (Å²) in [6, 6.07) is -0.902. The van der Waals surface area contributed by atoms with Crippen LogP contribution in [0.5, 0.6) is 0 Å². The Bertz CT molecular complexity index is 369. The number of nitrogens with one attached hydrogen (secondary N) is 1. The second kappa shape index (κ2) is 7.38. The topological polar surface area (TPSA) is 147 Å². The number of rotatable bonds is 7. The van der Waals surface area contributed by atoms with E-state index < -0.39 is 26.7 Å². The largest absolute Gasteiger partial charge is 0.360 e. The molecule has 19 heavy (non-hydrogen) atoms. The minimum Gasteiger partial charge on any atom is -0.338 e. The zero-order valence-corrected chi connectivity index (χ0v) is 12.5. The Morgan fingerprint density at radius 2 is 1.58 bits per heavy atom. The summed E-state index contributed by atoms with van der Waals surface area (Å²) in [5.41, 5.74) is -2.45. The summed E-state index contributed by atoms with van der Waals surface area (Å²) in [5, 5.41) is 2.34. The van der Waals surface area contributed by atoms with Crippen LogP contribution in [0.15, 0.2) is 0 Å². The van der Waals surface area contributed by atoms with Gasteiger partial charge in [0.05, 0.1) is 0 Å². The molecule has 0 heterocycles. The summed E-state index contributed by atoms with van der Waals surface area (Å²) in [6.45, 7) is 3.47. The molecule has 0 atom stereocenters. The molecule has 0 aromatic heterocycles. The first-order chi connectivity index (χ1) is 8.55. The van der Waals surface area contributed by atoms with Crippen LogP contribution in [0.25, 0.3) is 0 Å². The summed E-state index contributed by atoms with van der Waals surface area (Å²) < 4.78 is 22.5. The fourth-order valence-corrected chi connectivity index (χ4v) is 4.19. The van der Waals surface area contributed by atoms with Crippen molar-refractivity contribution < 1.29 is 33.5 Å². The van der Waals surface area contributed by atoms with Gasteiger partial charge in [-0.15, -0.1) is 0 Å². The van der Waals surface area contributed by atoms with Crippen molar-refractivity contribution in [3.05, 3.63) is 0 Å². The molecule has 2 amide bonds. The van der Waals surface area contributed by atoms with E-state index in [2.05, 4.69) is 5.32 Å². The van der Waals surface area contributed by atoms with Crippen LogP contribution >= 0.6 is 15.2 Å². The molecule has 0 aromatic rings. The van der Waals surface area contributed by atoms with Crippen molar-refractivity contribution >= 4 is 21.2 Å². The summed E-state index contributed by atoms with van der Waals surface area (Å²) in [4.78, 5) is 48.6. The van der Waals surface area contributed by atoms with E-state index in [1.54, 1.807) is 13.8 Å². The fourth-order valence-electron chi connectivity index (χ4n) is 1.46. The lowest BCUT2D eigenvalue weighted by molar-refractivity contribution is 0.187. The Hall–Kier alpha value is -0.430. The van der Waals surface area contributed by atoms with Crippen LogP contribution in [0.2, 0.25) is 0 Å². The van der Waals surface area contributed by atoms with Crippen molar-refractivity contribution in [2.45, 2.75) is 32.2 Å². The third-order valence-corrected chi connectivity index (χ3v) is 5.70. The van der Waals surface area contributed by atoms with Gasteiger partial charge in [-0.3, -0.25) is 14.0 Å². The number of hydrogen-bond donors (Lipinski definition) is 5. The predicted molar refractivity (Wildman–Crippen MR) is 68.6 cm³/mol. The smallest absolute Gasteiger partial charge is 0.338 e. The number of amides is 2. The fraction of sp³-hybridized carbons (Fsp3) is 0.875. The molecule has 5 N–H and O–H groups in total. The normalized spacial score (nSPS) is 12.6. The van der Waals surface area contributed by atoms with Gasteiger partial charge in [-0.25, -0.2) is 4.79 Å². The molecule has 9 nitrogen and oxygen atoms in total. The van der Waals surface area contributed by atoms with Gasteiger partial charge in [-0.2, -0.15) is 0 Å². The molecule has 0 spiro atoms.